The SMILES string of the molecule is CCCCOCCn1cc(S(=O)(=O)Cl)nc1C. The molecule has 0 fully saturated rings. The topological polar surface area (TPSA) is 61.2 Å². The Hall–Kier alpha value is -0.590. The van der Waals surface area contributed by atoms with Crippen LogP contribution in [-0.4, -0.2) is 31.2 Å². The van der Waals surface area contributed by atoms with Gasteiger partial charge in [0.15, 0.2) is 5.03 Å². The first-order valence-corrected chi connectivity index (χ1v) is 7.82. The molecule has 98 valence electrons. The van der Waals surface area contributed by atoms with Crippen LogP contribution in [0, 0.1) is 6.92 Å². The molecule has 7 heteroatoms. The van der Waals surface area contributed by atoms with Crippen LogP contribution < -0.4 is 0 Å². The molecule has 0 aliphatic carbocycles. The van der Waals surface area contributed by atoms with E-state index in [0.29, 0.717) is 19.0 Å². The quantitative estimate of drug-likeness (QED) is 0.566. The summed E-state index contributed by atoms with van der Waals surface area (Å²) in [4.78, 5) is 3.88. The highest BCUT2D eigenvalue weighted by Gasteiger charge is 2.15. The summed E-state index contributed by atoms with van der Waals surface area (Å²) in [6.45, 7) is 5.68. The Balaban J connectivity index is 2.52. The van der Waals surface area contributed by atoms with Gasteiger partial charge in [-0.05, 0) is 13.3 Å². The summed E-state index contributed by atoms with van der Waals surface area (Å²) in [5.74, 6) is 0.614. The van der Waals surface area contributed by atoms with E-state index in [-0.39, 0.29) is 5.03 Å². The van der Waals surface area contributed by atoms with E-state index < -0.39 is 9.05 Å². The molecule has 0 bridgehead atoms. The molecule has 0 radical (unpaired) electrons. The van der Waals surface area contributed by atoms with Crippen molar-refractivity contribution < 1.29 is 13.2 Å². The molecule has 0 amide bonds. The summed E-state index contributed by atoms with van der Waals surface area (Å²) < 4.78 is 29.3. The largest absolute Gasteiger partial charge is 0.380 e. The number of nitrogens with zero attached hydrogens (tertiary/aromatic N) is 2. The predicted molar refractivity (Wildman–Crippen MR) is 65.7 cm³/mol. The van der Waals surface area contributed by atoms with Crippen LogP contribution in [0.15, 0.2) is 11.2 Å². The Kier molecular flexibility index (Phi) is 5.42. The highest BCUT2D eigenvalue weighted by atomic mass is 35.7. The maximum absolute atomic E-state index is 11.1. The second-order valence-electron chi connectivity index (χ2n) is 3.72. The fourth-order valence-corrected chi connectivity index (χ4v) is 2.05. The molecule has 1 rings (SSSR count). The van der Waals surface area contributed by atoms with Crippen molar-refractivity contribution in [2.75, 3.05) is 13.2 Å². The van der Waals surface area contributed by atoms with Gasteiger partial charge in [-0.25, -0.2) is 13.4 Å². The number of ether oxygens (including phenoxy) is 1. The van der Waals surface area contributed by atoms with E-state index in [1.54, 1.807) is 11.5 Å². The normalized spacial score (nSPS) is 11.9. The van der Waals surface area contributed by atoms with Gasteiger partial charge in [-0.1, -0.05) is 13.3 Å². The lowest BCUT2D eigenvalue weighted by Gasteiger charge is -2.05. The highest BCUT2D eigenvalue weighted by molar-refractivity contribution is 8.13. The smallest absolute Gasteiger partial charge is 0.280 e. The van der Waals surface area contributed by atoms with Crippen LogP contribution in [0.3, 0.4) is 0 Å². The zero-order chi connectivity index (χ0) is 12.9. The van der Waals surface area contributed by atoms with Crippen LogP contribution in [0.4, 0.5) is 0 Å². The first-order chi connectivity index (χ1) is 7.95. The molecule has 1 aromatic heterocycles. The third-order valence-corrected chi connectivity index (χ3v) is 3.49. The summed E-state index contributed by atoms with van der Waals surface area (Å²) in [7, 11) is 1.47. The monoisotopic (exact) mass is 280 g/mol. The van der Waals surface area contributed by atoms with Gasteiger partial charge in [-0.15, -0.1) is 0 Å². The van der Waals surface area contributed by atoms with E-state index in [4.69, 9.17) is 15.4 Å². The molecule has 0 saturated carbocycles. The standard InChI is InChI=1S/C10H17ClN2O3S/c1-3-4-6-16-7-5-13-8-10(12-9(13)2)17(11,14)15/h8H,3-7H2,1-2H3. The fourth-order valence-electron chi connectivity index (χ4n) is 1.33. The first kappa shape index (κ1) is 14.5. The summed E-state index contributed by atoms with van der Waals surface area (Å²) in [5.41, 5.74) is 0. The van der Waals surface area contributed by atoms with Gasteiger partial charge in [0, 0.05) is 30.0 Å². The summed E-state index contributed by atoms with van der Waals surface area (Å²) in [6.07, 6.45) is 3.56. The molecule has 17 heavy (non-hydrogen) atoms. The van der Waals surface area contributed by atoms with Crippen molar-refractivity contribution in [3.63, 3.8) is 0 Å². The molecule has 0 saturated heterocycles. The molecule has 0 unspecified atom stereocenters. The average Bonchev–Trinajstić information content (AvgIpc) is 2.60. The second kappa shape index (κ2) is 6.37. The lowest BCUT2D eigenvalue weighted by molar-refractivity contribution is 0.123. The minimum absolute atomic E-state index is 0.106. The molecular formula is C10H17ClN2O3S. The Morgan fingerprint density at radius 3 is 2.71 bits per heavy atom. The van der Waals surface area contributed by atoms with Crippen molar-refractivity contribution in [3.05, 3.63) is 12.0 Å². The molecule has 0 aliphatic heterocycles. The zero-order valence-electron chi connectivity index (χ0n) is 10.0. The summed E-state index contributed by atoms with van der Waals surface area (Å²) >= 11 is 0. The lowest BCUT2D eigenvalue weighted by Crippen LogP contribution is -2.07. The van der Waals surface area contributed by atoms with Gasteiger partial charge in [0.1, 0.15) is 5.82 Å². The van der Waals surface area contributed by atoms with E-state index >= 15 is 0 Å². The number of hydrogen-bond acceptors (Lipinski definition) is 4. The van der Waals surface area contributed by atoms with Gasteiger partial charge in [0.05, 0.1) is 6.61 Å². The average molecular weight is 281 g/mol. The van der Waals surface area contributed by atoms with Crippen LogP contribution in [-0.2, 0) is 20.3 Å². The van der Waals surface area contributed by atoms with E-state index in [1.165, 1.54) is 6.20 Å². The maximum Gasteiger partial charge on any atom is 0.280 e. The third-order valence-electron chi connectivity index (χ3n) is 2.32. The molecule has 1 aromatic rings. The number of aromatic nitrogens is 2. The maximum atomic E-state index is 11.1. The third kappa shape index (κ3) is 4.65. The minimum atomic E-state index is -3.74. The molecule has 5 nitrogen and oxygen atoms in total. The molecule has 0 aliphatic rings. The molecule has 0 atom stereocenters. The number of aryl methyl sites for hydroxylation is 1. The van der Waals surface area contributed by atoms with Crippen molar-refractivity contribution in [1.29, 1.82) is 0 Å². The molecule has 0 spiro atoms. The van der Waals surface area contributed by atoms with Gasteiger partial charge >= 0.3 is 0 Å². The van der Waals surface area contributed by atoms with Gasteiger partial charge in [-0.2, -0.15) is 0 Å². The summed E-state index contributed by atoms with van der Waals surface area (Å²) in [5, 5.41) is -0.106. The Bertz CT molecular complexity index is 456. The molecule has 0 N–H and O–H groups in total. The number of halogens is 1. The van der Waals surface area contributed by atoms with Crippen molar-refractivity contribution in [2.45, 2.75) is 38.3 Å². The predicted octanol–water partition coefficient (Wildman–Crippen LogP) is 1.94. The first-order valence-electron chi connectivity index (χ1n) is 5.51. The van der Waals surface area contributed by atoms with Crippen molar-refractivity contribution in [2.24, 2.45) is 0 Å². The Labute approximate surface area is 106 Å². The van der Waals surface area contributed by atoms with Gasteiger partial charge < -0.3 is 9.30 Å². The van der Waals surface area contributed by atoms with Crippen LogP contribution in [0.1, 0.15) is 25.6 Å². The zero-order valence-corrected chi connectivity index (χ0v) is 11.6. The van der Waals surface area contributed by atoms with Crippen molar-refractivity contribution in [1.82, 2.24) is 9.55 Å². The highest BCUT2D eigenvalue weighted by Crippen LogP contribution is 2.13. The van der Waals surface area contributed by atoms with Crippen molar-refractivity contribution in [3.8, 4) is 0 Å². The fraction of sp³-hybridized carbons (Fsp3) is 0.700. The Morgan fingerprint density at radius 1 is 1.47 bits per heavy atom. The number of rotatable bonds is 7. The van der Waals surface area contributed by atoms with E-state index in [2.05, 4.69) is 11.9 Å². The summed E-state index contributed by atoms with van der Waals surface area (Å²) in [6, 6.07) is 0. The van der Waals surface area contributed by atoms with E-state index in [0.717, 1.165) is 19.4 Å². The minimum Gasteiger partial charge on any atom is -0.380 e. The van der Waals surface area contributed by atoms with Gasteiger partial charge in [0.2, 0.25) is 0 Å². The van der Waals surface area contributed by atoms with Crippen LogP contribution in [0.25, 0.3) is 0 Å². The molecular weight excluding hydrogens is 264 g/mol. The molecule has 0 aromatic carbocycles. The number of hydrogen-bond donors (Lipinski definition) is 0. The molecule has 1 heterocycles. The van der Waals surface area contributed by atoms with Gasteiger partial charge in [-0.3, -0.25) is 0 Å². The lowest BCUT2D eigenvalue weighted by atomic mass is 10.4. The van der Waals surface area contributed by atoms with Crippen molar-refractivity contribution >= 4 is 19.7 Å². The van der Waals surface area contributed by atoms with Crippen LogP contribution >= 0.6 is 10.7 Å². The van der Waals surface area contributed by atoms with Crippen LogP contribution in [0.5, 0.6) is 0 Å². The second-order valence-corrected chi connectivity index (χ2v) is 6.24. The number of imidazole rings is 1. The number of unbranched alkanes of at least 4 members (excludes halogenated alkanes) is 1. The van der Waals surface area contributed by atoms with E-state index in [1.807, 2.05) is 0 Å². The Morgan fingerprint density at radius 2 is 2.18 bits per heavy atom. The van der Waals surface area contributed by atoms with Crippen LogP contribution in [0.2, 0.25) is 0 Å². The van der Waals surface area contributed by atoms with Gasteiger partial charge in [0.25, 0.3) is 9.05 Å². The van der Waals surface area contributed by atoms with E-state index in [9.17, 15) is 8.42 Å².